The lowest BCUT2D eigenvalue weighted by Crippen LogP contribution is -2.09. The molecule has 1 N–H and O–H groups in total. The van der Waals surface area contributed by atoms with E-state index < -0.39 is 11.7 Å². The molecule has 0 bridgehead atoms. The van der Waals surface area contributed by atoms with E-state index >= 15 is 0 Å². The van der Waals surface area contributed by atoms with E-state index in [1.807, 2.05) is 13.8 Å². The summed E-state index contributed by atoms with van der Waals surface area (Å²) < 4.78 is 40.6. The van der Waals surface area contributed by atoms with Crippen LogP contribution in [-0.4, -0.2) is 21.3 Å². The van der Waals surface area contributed by atoms with Crippen molar-refractivity contribution in [2.24, 2.45) is 0 Å². The smallest absolute Gasteiger partial charge is 0.370 e. The van der Waals surface area contributed by atoms with Gasteiger partial charge in [-0.1, -0.05) is 6.92 Å². The number of hydrogen-bond acceptors (Lipinski definition) is 3. The van der Waals surface area contributed by atoms with Crippen molar-refractivity contribution in [1.29, 1.82) is 0 Å². The van der Waals surface area contributed by atoms with Crippen molar-refractivity contribution in [1.82, 2.24) is 14.8 Å². The fourth-order valence-corrected chi connectivity index (χ4v) is 1.85. The van der Waals surface area contributed by atoms with Gasteiger partial charge in [0.15, 0.2) is 0 Å². The predicted octanol–water partition coefficient (Wildman–Crippen LogP) is 3.81. The molecule has 0 fully saturated rings. The van der Waals surface area contributed by atoms with Gasteiger partial charge in [0.25, 0.3) is 0 Å². The molecule has 0 aliphatic heterocycles. The average molecular weight is 298 g/mol. The first-order valence-corrected chi connectivity index (χ1v) is 6.80. The number of pyridine rings is 1. The van der Waals surface area contributed by atoms with Gasteiger partial charge in [-0.05, 0) is 25.5 Å². The molecular weight excluding hydrogens is 281 g/mol. The molecule has 0 spiro atoms. The average Bonchev–Trinajstić information content (AvgIpc) is 2.93. The van der Waals surface area contributed by atoms with Crippen molar-refractivity contribution in [3.63, 3.8) is 0 Å². The summed E-state index contributed by atoms with van der Waals surface area (Å²) in [5, 5.41) is 6.97. The van der Waals surface area contributed by atoms with Crippen molar-refractivity contribution in [2.75, 3.05) is 11.9 Å². The van der Waals surface area contributed by atoms with Crippen LogP contribution in [0.4, 0.5) is 19.0 Å². The van der Waals surface area contributed by atoms with Crippen LogP contribution in [-0.2, 0) is 12.7 Å². The first kappa shape index (κ1) is 15.3. The number of alkyl halides is 3. The van der Waals surface area contributed by atoms with Crippen LogP contribution < -0.4 is 5.32 Å². The highest BCUT2D eigenvalue weighted by Crippen LogP contribution is 2.33. The molecule has 0 aliphatic carbocycles. The SMILES string of the molecule is CCCNc1cc(C(F)(F)F)cc(-c2cnn(CC)c2)n1. The summed E-state index contributed by atoms with van der Waals surface area (Å²) in [6.07, 6.45) is -0.385. The molecule has 2 aromatic heterocycles. The Labute approximate surface area is 121 Å². The molecular formula is C14H17F3N4. The molecule has 4 nitrogen and oxygen atoms in total. The Balaban J connectivity index is 2.43. The Morgan fingerprint density at radius 2 is 2.00 bits per heavy atom. The van der Waals surface area contributed by atoms with Crippen LogP contribution in [0.15, 0.2) is 24.5 Å². The highest BCUT2D eigenvalue weighted by Gasteiger charge is 2.31. The monoisotopic (exact) mass is 298 g/mol. The van der Waals surface area contributed by atoms with Crippen molar-refractivity contribution < 1.29 is 13.2 Å². The fraction of sp³-hybridized carbons (Fsp3) is 0.429. The molecule has 0 unspecified atom stereocenters. The van der Waals surface area contributed by atoms with Crippen LogP contribution in [0.3, 0.4) is 0 Å². The molecule has 0 amide bonds. The van der Waals surface area contributed by atoms with Crippen LogP contribution in [0, 0.1) is 0 Å². The lowest BCUT2D eigenvalue weighted by atomic mass is 10.1. The van der Waals surface area contributed by atoms with E-state index in [4.69, 9.17) is 0 Å². The van der Waals surface area contributed by atoms with Crippen LogP contribution in [0.1, 0.15) is 25.8 Å². The summed E-state index contributed by atoms with van der Waals surface area (Å²) in [6, 6.07) is 2.08. The zero-order valence-electron chi connectivity index (χ0n) is 11.9. The third-order valence-electron chi connectivity index (χ3n) is 2.96. The third kappa shape index (κ3) is 3.74. The fourth-order valence-electron chi connectivity index (χ4n) is 1.85. The minimum Gasteiger partial charge on any atom is -0.370 e. The zero-order chi connectivity index (χ0) is 15.5. The van der Waals surface area contributed by atoms with Crippen molar-refractivity contribution in [3.05, 3.63) is 30.1 Å². The van der Waals surface area contributed by atoms with Gasteiger partial charge in [-0.15, -0.1) is 0 Å². The largest absolute Gasteiger partial charge is 0.416 e. The standard InChI is InChI=1S/C14H17F3N4/c1-3-5-18-13-7-11(14(15,16)17)6-12(20-13)10-8-19-21(4-2)9-10/h6-9H,3-5H2,1-2H3,(H,18,20). The molecule has 2 aromatic rings. The van der Waals surface area contributed by atoms with Gasteiger partial charge in [-0.3, -0.25) is 4.68 Å². The highest BCUT2D eigenvalue weighted by atomic mass is 19.4. The lowest BCUT2D eigenvalue weighted by Gasteiger charge is -2.11. The van der Waals surface area contributed by atoms with E-state index in [1.165, 1.54) is 6.20 Å². The van der Waals surface area contributed by atoms with E-state index in [0.29, 0.717) is 18.7 Å². The molecule has 0 atom stereocenters. The van der Waals surface area contributed by atoms with Crippen molar-refractivity contribution in [2.45, 2.75) is 33.0 Å². The molecule has 0 radical (unpaired) electrons. The molecule has 114 valence electrons. The number of anilines is 1. The Hall–Kier alpha value is -2.05. The van der Waals surface area contributed by atoms with Gasteiger partial charge >= 0.3 is 6.18 Å². The van der Waals surface area contributed by atoms with Crippen molar-refractivity contribution >= 4 is 5.82 Å². The summed E-state index contributed by atoms with van der Waals surface area (Å²) in [5.41, 5.74) is 0.126. The molecule has 7 heteroatoms. The number of hydrogen-bond donors (Lipinski definition) is 1. The quantitative estimate of drug-likeness (QED) is 0.913. The lowest BCUT2D eigenvalue weighted by molar-refractivity contribution is -0.137. The Bertz CT molecular complexity index is 605. The summed E-state index contributed by atoms with van der Waals surface area (Å²) in [7, 11) is 0. The molecule has 0 aliphatic rings. The van der Waals surface area contributed by atoms with Crippen LogP contribution in [0.5, 0.6) is 0 Å². The normalized spacial score (nSPS) is 11.7. The summed E-state index contributed by atoms with van der Waals surface area (Å²) >= 11 is 0. The Kier molecular flexibility index (Phi) is 4.50. The highest BCUT2D eigenvalue weighted by molar-refractivity contribution is 5.61. The maximum atomic E-state index is 13.0. The first-order valence-electron chi connectivity index (χ1n) is 6.80. The van der Waals surface area contributed by atoms with Crippen LogP contribution in [0.2, 0.25) is 0 Å². The first-order chi connectivity index (χ1) is 9.94. The Morgan fingerprint density at radius 1 is 1.24 bits per heavy atom. The number of rotatable bonds is 5. The van der Waals surface area contributed by atoms with Gasteiger partial charge in [0.1, 0.15) is 5.82 Å². The van der Waals surface area contributed by atoms with Gasteiger partial charge in [-0.2, -0.15) is 18.3 Å². The molecule has 0 saturated carbocycles. The summed E-state index contributed by atoms with van der Waals surface area (Å²) in [6.45, 7) is 5.07. The molecule has 0 saturated heterocycles. The van der Waals surface area contributed by atoms with Gasteiger partial charge < -0.3 is 5.32 Å². The van der Waals surface area contributed by atoms with Gasteiger partial charge in [-0.25, -0.2) is 4.98 Å². The maximum Gasteiger partial charge on any atom is 0.416 e. The van der Waals surface area contributed by atoms with Gasteiger partial charge in [0.2, 0.25) is 0 Å². The van der Waals surface area contributed by atoms with Crippen molar-refractivity contribution in [3.8, 4) is 11.3 Å². The van der Waals surface area contributed by atoms with Gasteiger partial charge in [0, 0.05) is 24.8 Å². The Morgan fingerprint density at radius 3 is 2.57 bits per heavy atom. The molecule has 2 heterocycles. The zero-order valence-corrected chi connectivity index (χ0v) is 11.9. The minimum absolute atomic E-state index is 0.228. The van der Waals surface area contributed by atoms with Gasteiger partial charge in [0.05, 0.1) is 17.5 Å². The third-order valence-corrected chi connectivity index (χ3v) is 2.96. The number of nitrogens with one attached hydrogen (secondary N) is 1. The summed E-state index contributed by atoms with van der Waals surface area (Å²) in [4.78, 5) is 4.24. The molecule has 0 aromatic carbocycles. The van der Waals surface area contributed by atoms with E-state index in [0.717, 1.165) is 18.6 Å². The van der Waals surface area contributed by atoms with Crippen LogP contribution >= 0.6 is 0 Å². The number of aromatic nitrogens is 3. The van der Waals surface area contributed by atoms with E-state index in [9.17, 15) is 13.2 Å². The molecule has 21 heavy (non-hydrogen) atoms. The molecule has 2 rings (SSSR count). The second-order valence-electron chi connectivity index (χ2n) is 4.64. The number of nitrogens with zero attached hydrogens (tertiary/aromatic N) is 3. The second kappa shape index (κ2) is 6.15. The second-order valence-corrected chi connectivity index (χ2v) is 4.64. The minimum atomic E-state index is -4.40. The predicted molar refractivity (Wildman–Crippen MR) is 74.9 cm³/mol. The van der Waals surface area contributed by atoms with Crippen LogP contribution in [0.25, 0.3) is 11.3 Å². The number of halogens is 3. The maximum absolute atomic E-state index is 13.0. The number of aryl methyl sites for hydroxylation is 1. The van der Waals surface area contributed by atoms with E-state index in [-0.39, 0.29) is 11.5 Å². The topological polar surface area (TPSA) is 42.7 Å². The van der Waals surface area contributed by atoms with E-state index in [2.05, 4.69) is 15.4 Å². The van der Waals surface area contributed by atoms with E-state index in [1.54, 1.807) is 10.9 Å². The summed E-state index contributed by atoms with van der Waals surface area (Å²) in [5.74, 6) is 0.228.